The zero-order valence-corrected chi connectivity index (χ0v) is 10.2. The summed E-state index contributed by atoms with van der Waals surface area (Å²) >= 11 is 0. The monoisotopic (exact) mass is 300 g/mol. The molecule has 1 aliphatic rings. The first-order chi connectivity index (χ1) is 8.93. The molecule has 0 saturated carbocycles. The van der Waals surface area contributed by atoms with E-state index in [1.165, 1.54) is 0 Å². The van der Waals surface area contributed by atoms with Crippen molar-refractivity contribution in [3.05, 3.63) is 36.0 Å². The van der Waals surface area contributed by atoms with Gasteiger partial charge in [-0.3, -0.25) is 0 Å². The van der Waals surface area contributed by atoms with E-state index in [4.69, 9.17) is 0 Å². The molecule has 0 aromatic rings. The van der Waals surface area contributed by atoms with Crippen molar-refractivity contribution in [2.24, 2.45) is 0 Å². The van der Waals surface area contributed by atoms with Crippen molar-refractivity contribution in [3.63, 3.8) is 0 Å². The van der Waals surface area contributed by atoms with Gasteiger partial charge in [-0.1, -0.05) is 24.8 Å². The van der Waals surface area contributed by atoms with Gasteiger partial charge in [0.1, 0.15) is 0 Å². The Bertz CT molecular complexity index is 467. The van der Waals surface area contributed by atoms with Crippen LogP contribution in [0.15, 0.2) is 36.0 Å². The van der Waals surface area contributed by atoms with E-state index in [1.54, 1.807) is 0 Å². The van der Waals surface area contributed by atoms with Gasteiger partial charge in [0.15, 0.2) is 0 Å². The Balaban J connectivity index is 3.43. The maximum atomic E-state index is 13.1. The molecule has 0 amide bonds. The normalized spacial score (nSPS) is 16.1. The van der Waals surface area contributed by atoms with Gasteiger partial charge >= 0.3 is 23.9 Å². The number of hydrogen-bond acceptors (Lipinski definition) is 2. The highest BCUT2D eigenvalue weighted by Gasteiger charge is 2.76. The van der Waals surface area contributed by atoms with Crippen LogP contribution in [0.3, 0.4) is 0 Å². The quantitative estimate of drug-likeness (QED) is 0.449. The van der Waals surface area contributed by atoms with E-state index in [9.17, 15) is 31.1 Å². The Kier molecular flexibility index (Phi) is 4.07. The van der Waals surface area contributed by atoms with Gasteiger partial charge in [0.05, 0.1) is 0 Å². The van der Waals surface area contributed by atoms with Crippen LogP contribution in [0.4, 0.5) is 26.3 Å². The molecule has 0 bridgehead atoms. The van der Waals surface area contributed by atoms with Crippen molar-refractivity contribution in [1.29, 1.82) is 0 Å². The summed E-state index contributed by atoms with van der Waals surface area (Å²) in [5, 5.41) is 0. The van der Waals surface area contributed by atoms with Crippen molar-refractivity contribution >= 4 is 5.97 Å². The maximum absolute atomic E-state index is 13.1. The summed E-state index contributed by atoms with van der Waals surface area (Å²) in [6, 6.07) is 0. The number of ether oxygens (including phenoxy) is 1. The molecule has 0 aliphatic heterocycles. The molecule has 0 unspecified atom stereocenters. The first-order valence-corrected chi connectivity index (χ1v) is 5.32. The third-order valence-electron chi connectivity index (χ3n) is 2.62. The van der Waals surface area contributed by atoms with Gasteiger partial charge in [-0.25, -0.2) is 4.79 Å². The Labute approximate surface area is 110 Å². The van der Waals surface area contributed by atoms with Gasteiger partial charge in [0.25, 0.3) is 0 Å². The number of esters is 1. The number of carbonyl (C=O) groups is 1. The van der Waals surface area contributed by atoms with Crippen LogP contribution in [0, 0.1) is 0 Å². The third kappa shape index (κ3) is 2.59. The molecule has 1 rings (SSSR count). The van der Waals surface area contributed by atoms with Crippen LogP contribution in [0.1, 0.15) is 13.3 Å². The largest absolute Gasteiger partial charge is 0.441 e. The minimum atomic E-state index is -5.84. The summed E-state index contributed by atoms with van der Waals surface area (Å²) in [4.78, 5) is 11.2. The van der Waals surface area contributed by atoms with Crippen molar-refractivity contribution in [1.82, 2.24) is 0 Å². The summed E-state index contributed by atoms with van der Waals surface area (Å²) in [7, 11) is 0. The minimum absolute atomic E-state index is 0.561. The van der Waals surface area contributed by atoms with Crippen LogP contribution in [0.5, 0.6) is 0 Å². The highest BCUT2D eigenvalue weighted by atomic mass is 19.4. The average molecular weight is 300 g/mol. The first kappa shape index (κ1) is 16.3. The number of rotatable bonds is 3. The van der Waals surface area contributed by atoms with Gasteiger partial charge in [-0.15, -0.1) is 0 Å². The molecule has 0 aromatic carbocycles. The molecule has 20 heavy (non-hydrogen) atoms. The Morgan fingerprint density at radius 1 is 1.20 bits per heavy atom. The molecule has 1 aliphatic carbocycles. The molecule has 0 N–H and O–H groups in total. The highest BCUT2D eigenvalue weighted by Crippen LogP contribution is 2.52. The van der Waals surface area contributed by atoms with Gasteiger partial charge in [0.2, 0.25) is 0 Å². The lowest BCUT2D eigenvalue weighted by Gasteiger charge is -2.37. The van der Waals surface area contributed by atoms with Crippen molar-refractivity contribution in [3.8, 4) is 0 Å². The molecule has 0 heterocycles. The summed E-state index contributed by atoms with van der Waals surface area (Å²) in [6.45, 7) is 3.95. The lowest BCUT2D eigenvalue weighted by atomic mass is 9.90. The summed E-state index contributed by atoms with van der Waals surface area (Å²) in [6.07, 6.45) is -9.50. The smallest absolute Gasteiger partial charge is 0.431 e. The third-order valence-corrected chi connectivity index (χ3v) is 2.62. The van der Waals surface area contributed by atoms with Crippen LogP contribution >= 0.6 is 0 Å². The van der Waals surface area contributed by atoms with Crippen molar-refractivity contribution in [2.75, 3.05) is 0 Å². The summed E-state index contributed by atoms with van der Waals surface area (Å²) in [5.41, 5.74) is -6.30. The fraction of sp³-hybridized carbons (Fsp3) is 0.417. The number of hydrogen-bond donors (Lipinski definition) is 0. The summed E-state index contributed by atoms with van der Waals surface area (Å²) < 4.78 is 82.1. The van der Waals surface area contributed by atoms with Crippen LogP contribution < -0.4 is 0 Å². The molecular formula is C12H10F6O2. The molecule has 8 heteroatoms. The van der Waals surface area contributed by atoms with Gasteiger partial charge in [-0.2, -0.15) is 26.3 Å². The maximum Gasteiger partial charge on any atom is 0.441 e. The van der Waals surface area contributed by atoms with E-state index in [1.807, 2.05) is 0 Å². The van der Waals surface area contributed by atoms with Gasteiger partial charge in [0, 0.05) is 5.57 Å². The lowest BCUT2D eigenvalue weighted by molar-refractivity contribution is -0.354. The van der Waals surface area contributed by atoms with E-state index in [0.29, 0.717) is 6.08 Å². The van der Waals surface area contributed by atoms with E-state index < -0.39 is 41.5 Å². The zero-order valence-electron chi connectivity index (χ0n) is 10.2. The molecular weight excluding hydrogens is 290 g/mol. The average Bonchev–Trinajstić information content (AvgIpc) is 2.74. The highest BCUT2D eigenvalue weighted by molar-refractivity contribution is 5.87. The zero-order chi connectivity index (χ0) is 15.8. The van der Waals surface area contributed by atoms with E-state index >= 15 is 0 Å². The number of carbonyl (C=O) groups excluding carboxylic acids is 1. The number of alkyl halides is 6. The van der Waals surface area contributed by atoms with Gasteiger partial charge < -0.3 is 4.74 Å². The fourth-order valence-corrected chi connectivity index (χ4v) is 1.64. The Morgan fingerprint density at radius 3 is 2.00 bits per heavy atom. The molecule has 112 valence electrons. The van der Waals surface area contributed by atoms with Crippen LogP contribution in [-0.2, 0) is 9.53 Å². The SMILES string of the molecule is C=C(C)C(=O)OC(C1=CC=CC1)(C(F)(F)F)C(F)(F)F. The number of allylic oxidation sites excluding steroid dienone is 3. The predicted molar refractivity (Wildman–Crippen MR) is 57.6 cm³/mol. The standard InChI is InChI=1S/C12H10F6O2/c1-7(2)9(19)20-10(11(13,14)15,12(16,17)18)8-5-3-4-6-8/h3-5H,1,6H2,2H3. The fourth-order valence-electron chi connectivity index (χ4n) is 1.64. The Hall–Kier alpha value is -1.73. The molecule has 0 spiro atoms. The number of halogens is 6. The second-order valence-electron chi connectivity index (χ2n) is 4.17. The van der Waals surface area contributed by atoms with E-state index in [0.717, 1.165) is 19.1 Å². The second kappa shape index (κ2) is 4.99. The Morgan fingerprint density at radius 2 is 1.70 bits per heavy atom. The minimum Gasteiger partial charge on any atom is -0.431 e. The van der Waals surface area contributed by atoms with Gasteiger partial charge in [-0.05, 0) is 18.9 Å². The molecule has 0 atom stereocenters. The molecule has 0 aromatic heterocycles. The second-order valence-corrected chi connectivity index (χ2v) is 4.17. The molecule has 0 radical (unpaired) electrons. The van der Waals surface area contributed by atoms with Crippen LogP contribution in [0.25, 0.3) is 0 Å². The molecule has 0 fully saturated rings. The van der Waals surface area contributed by atoms with E-state index in [-0.39, 0.29) is 0 Å². The molecule has 2 nitrogen and oxygen atoms in total. The van der Waals surface area contributed by atoms with Crippen molar-refractivity contribution < 1.29 is 35.9 Å². The first-order valence-electron chi connectivity index (χ1n) is 5.32. The van der Waals surface area contributed by atoms with E-state index in [2.05, 4.69) is 11.3 Å². The topological polar surface area (TPSA) is 26.3 Å². The van der Waals surface area contributed by atoms with Crippen LogP contribution in [0.2, 0.25) is 0 Å². The summed E-state index contributed by atoms with van der Waals surface area (Å²) in [5.74, 6) is -1.76. The van der Waals surface area contributed by atoms with Crippen LogP contribution in [-0.4, -0.2) is 23.9 Å². The predicted octanol–water partition coefficient (Wildman–Crippen LogP) is 3.86. The van der Waals surface area contributed by atoms with Crippen molar-refractivity contribution in [2.45, 2.75) is 31.3 Å². The lowest BCUT2D eigenvalue weighted by Crippen LogP contribution is -2.60. The molecule has 0 saturated heterocycles.